The van der Waals surface area contributed by atoms with Gasteiger partial charge in [0.2, 0.25) is 5.91 Å². The minimum atomic E-state index is -1.02. The van der Waals surface area contributed by atoms with Gasteiger partial charge in [-0.1, -0.05) is 24.3 Å². The molecule has 3 rings (SSSR count). The van der Waals surface area contributed by atoms with Crippen molar-refractivity contribution >= 4 is 23.6 Å². The van der Waals surface area contributed by atoms with Crippen molar-refractivity contribution in [2.45, 2.75) is 36.5 Å². The number of nitrogens with one attached hydrogen (secondary N) is 1. The third kappa shape index (κ3) is 2.20. The fourth-order valence-corrected chi connectivity index (χ4v) is 4.03. The van der Waals surface area contributed by atoms with Gasteiger partial charge in [-0.2, -0.15) is 0 Å². The molecule has 106 valence electrons. The molecule has 20 heavy (non-hydrogen) atoms. The van der Waals surface area contributed by atoms with Crippen molar-refractivity contribution in [3.63, 3.8) is 0 Å². The molecule has 1 saturated carbocycles. The van der Waals surface area contributed by atoms with Gasteiger partial charge >= 0.3 is 5.97 Å². The van der Waals surface area contributed by atoms with Crippen molar-refractivity contribution in [3.8, 4) is 0 Å². The topological polar surface area (TPSA) is 66.4 Å². The molecule has 4 nitrogen and oxygen atoms in total. The molecule has 0 radical (unpaired) electrons. The second-order valence-corrected chi connectivity index (χ2v) is 6.64. The quantitative estimate of drug-likeness (QED) is 0.895. The molecule has 0 aromatic heterocycles. The van der Waals surface area contributed by atoms with Gasteiger partial charge < -0.3 is 10.4 Å². The molecule has 1 heterocycles. The normalized spacial score (nSPS) is 23.3. The van der Waals surface area contributed by atoms with Crippen molar-refractivity contribution in [2.24, 2.45) is 0 Å². The number of hydrogen-bond acceptors (Lipinski definition) is 3. The van der Waals surface area contributed by atoms with Crippen molar-refractivity contribution in [1.82, 2.24) is 5.32 Å². The average molecular weight is 291 g/mol. The Labute approximate surface area is 121 Å². The third-order valence-corrected chi connectivity index (χ3v) is 5.45. The SMILES string of the molecule is O=C(NC1(C(=O)O)CCC1)C1SCCc2ccccc21. The lowest BCUT2D eigenvalue weighted by Gasteiger charge is -2.39. The molecule has 1 amide bonds. The van der Waals surface area contributed by atoms with Crippen molar-refractivity contribution in [2.75, 3.05) is 5.75 Å². The number of carbonyl (C=O) groups is 2. The zero-order valence-corrected chi connectivity index (χ0v) is 11.9. The highest BCUT2D eigenvalue weighted by Crippen LogP contribution is 2.39. The second-order valence-electron chi connectivity index (χ2n) is 5.43. The summed E-state index contributed by atoms with van der Waals surface area (Å²) >= 11 is 1.60. The Bertz CT molecular complexity index is 554. The highest BCUT2D eigenvalue weighted by Gasteiger charge is 2.46. The molecule has 1 aliphatic heterocycles. The summed E-state index contributed by atoms with van der Waals surface area (Å²) in [4.78, 5) is 23.8. The number of thioether (sulfide) groups is 1. The van der Waals surface area contributed by atoms with Crippen LogP contribution in [-0.2, 0) is 16.0 Å². The van der Waals surface area contributed by atoms with E-state index in [0.29, 0.717) is 12.8 Å². The number of carboxylic acid groups (broad SMARTS) is 1. The molecule has 0 saturated heterocycles. The summed E-state index contributed by atoms with van der Waals surface area (Å²) in [6.07, 6.45) is 2.90. The molecule has 2 aliphatic rings. The third-order valence-electron chi connectivity index (χ3n) is 4.21. The number of carbonyl (C=O) groups excluding carboxylic acids is 1. The molecule has 1 aliphatic carbocycles. The summed E-state index contributed by atoms with van der Waals surface area (Å²) in [6, 6.07) is 7.93. The summed E-state index contributed by atoms with van der Waals surface area (Å²) in [5.74, 6) is -0.176. The molecule has 0 bridgehead atoms. The average Bonchev–Trinajstić information content (AvgIpc) is 2.41. The van der Waals surface area contributed by atoms with Gasteiger partial charge in [-0.15, -0.1) is 11.8 Å². The Kier molecular flexibility index (Phi) is 3.46. The van der Waals surface area contributed by atoms with Gasteiger partial charge in [0.05, 0.1) is 0 Å². The van der Waals surface area contributed by atoms with E-state index in [1.807, 2.05) is 24.3 Å². The Morgan fingerprint density at radius 3 is 2.70 bits per heavy atom. The Morgan fingerprint density at radius 1 is 1.30 bits per heavy atom. The summed E-state index contributed by atoms with van der Waals surface area (Å²) in [5.41, 5.74) is 1.20. The Morgan fingerprint density at radius 2 is 2.05 bits per heavy atom. The summed E-state index contributed by atoms with van der Waals surface area (Å²) < 4.78 is 0. The largest absolute Gasteiger partial charge is 0.480 e. The summed E-state index contributed by atoms with van der Waals surface area (Å²) in [5, 5.41) is 11.8. The van der Waals surface area contributed by atoms with E-state index in [9.17, 15) is 14.7 Å². The van der Waals surface area contributed by atoms with Crippen LogP contribution in [0, 0.1) is 0 Å². The van der Waals surface area contributed by atoms with Crippen LogP contribution in [0.3, 0.4) is 0 Å². The standard InChI is InChI=1S/C15H17NO3S/c17-13(16-15(14(18)19)7-3-8-15)12-11-5-2-1-4-10(11)6-9-20-12/h1-2,4-5,12H,3,6-9H2,(H,16,17)(H,18,19). The molecule has 5 heteroatoms. The van der Waals surface area contributed by atoms with Gasteiger partial charge in [-0.25, -0.2) is 4.79 Å². The lowest BCUT2D eigenvalue weighted by atomic mass is 9.76. The molecule has 1 aromatic rings. The maximum absolute atomic E-state index is 12.5. The van der Waals surface area contributed by atoms with Crippen molar-refractivity contribution < 1.29 is 14.7 Å². The first-order valence-corrected chi connectivity index (χ1v) is 7.92. The number of rotatable bonds is 3. The summed E-state index contributed by atoms with van der Waals surface area (Å²) in [7, 11) is 0. The van der Waals surface area contributed by atoms with E-state index in [0.717, 1.165) is 24.2 Å². The fourth-order valence-electron chi connectivity index (χ4n) is 2.84. The fraction of sp³-hybridized carbons (Fsp3) is 0.467. The molecular formula is C15H17NO3S. The van der Waals surface area contributed by atoms with E-state index in [2.05, 4.69) is 5.32 Å². The highest BCUT2D eigenvalue weighted by molar-refractivity contribution is 8.00. The van der Waals surface area contributed by atoms with Crippen LogP contribution in [0.5, 0.6) is 0 Å². The number of benzene rings is 1. The molecule has 1 unspecified atom stereocenters. The zero-order valence-electron chi connectivity index (χ0n) is 11.1. The monoisotopic (exact) mass is 291 g/mol. The number of hydrogen-bond donors (Lipinski definition) is 2. The van der Waals surface area contributed by atoms with Crippen LogP contribution >= 0.6 is 11.8 Å². The molecular weight excluding hydrogens is 274 g/mol. The van der Waals surface area contributed by atoms with Gasteiger partial charge in [0, 0.05) is 0 Å². The first kappa shape index (κ1) is 13.5. The van der Waals surface area contributed by atoms with E-state index in [-0.39, 0.29) is 11.2 Å². The number of aliphatic carboxylic acids is 1. The highest BCUT2D eigenvalue weighted by atomic mass is 32.2. The lowest BCUT2D eigenvalue weighted by Crippen LogP contribution is -2.59. The summed E-state index contributed by atoms with van der Waals surface area (Å²) in [6.45, 7) is 0. The minimum absolute atomic E-state index is 0.163. The van der Waals surface area contributed by atoms with E-state index >= 15 is 0 Å². The molecule has 1 atom stereocenters. The first-order valence-electron chi connectivity index (χ1n) is 6.87. The van der Waals surface area contributed by atoms with Crippen molar-refractivity contribution in [3.05, 3.63) is 35.4 Å². The molecule has 0 spiro atoms. The Balaban J connectivity index is 1.80. The molecule has 1 aromatic carbocycles. The van der Waals surface area contributed by atoms with Gasteiger partial charge in [0.25, 0.3) is 0 Å². The van der Waals surface area contributed by atoms with Crippen LogP contribution in [0.15, 0.2) is 24.3 Å². The predicted molar refractivity (Wildman–Crippen MR) is 77.7 cm³/mol. The van der Waals surface area contributed by atoms with Crippen LogP contribution in [-0.4, -0.2) is 28.3 Å². The van der Waals surface area contributed by atoms with E-state index in [4.69, 9.17) is 0 Å². The number of aryl methyl sites for hydroxylation is 1. The maximum atomic E-state index is 12.5. The van der Waals surface area contributed by atoms with Crippen LogP contribution in [0.25, 0.3) is 0 Å². The first-order chi connectivity index (χ1) is 9.62. The van der Waals surface area contributed by atoms with Crippen LogP contribution in [0.4, 0.5) is 0 Å². The lowest BCUT2D eigenvalue weighted by molar-refractivity contribution is -0.151. The molecule has 1 fully saturated rings. The number of carboxylic acids is 1. The van der Waals surface area contributed by atoms with E-state index < -0.39 is 11.5 Å². The van der Waals surface area contributed by atoms with E-state index in [1.165, 1.54) is 5.56 Å². The molecule has 2 N–H and O–H groups in total. The Hall–Kier alpha value is -1.49. The van der Waals surface area contributed by atoms with E-state index in [1.54, 1.807) is 11.8 Å². The van der Waals surface area contributed by atoms with Gasteiger partial charge in [-0.3, -0.25) is 4.79 Å². The zero-order chi connectivity index (χ0) is 14.2. The number of fused-ring (bicyclic) bond motifs is 1. The smallest absolute Gasteiger partial charge is 0.329 e. The van der Waals surface area contributed by atoms with Crippen molar-refractivity contribution in [1.29, 1.82) is 0 Å². The van der Waals surface area contributed by atoms with Gasteiger partial charge in [0.15, 0.2) is 0 Å². The van der Waals surface area contributed by atoms with Crippen LogP contribution < -0.4 is 5.32 Å². The minimum Gasteiger partial charge on any atom is -0.480 e. The van der Waals surface area contributed by atoms with Gasteiger partial charge in [-0.05, 0) is 42.6 Å². The second kappa shape index (κ2) is 5.13. The van der Waals surface area contributed by atoms with Gasteiger partial charge in [0.1, 0.15) is 10.8 Å². The number of amides is 1. The predicted octanol–water partition coefficient (Wildman–Crippen LogP) is 2.14. The van der Waals surface area contributed by atoms with Crippen LogP contribution in [0.1, 0.15) is 35.6 Å². The maximum Gasteiger partial charge on any atom is 0.329 e. The van der Waals surface area contributed by atoms with Crippen LogP contribution in [0.2, 0.25) is 0 Å².